The summed E-state index contributed by atoms with van der Waals surface area (Å²) in [5.41, 5.74) is 1.94. The van der Waals surface area contributed by atoms with E-state index in [0.29, 0.717) is 0 Å². The van der Waals surface area contributed by atoms with Gasteiger partial charge >= 0.3 is 0 Å². The summed E-state index contributed by atoms with van der Waals surface area (Å²) in [4.78, 5) is 4.28. The molecule has 17 heavy (non-hydrogen) atoms. The third-order valence-corrected chi connectivity index (χ3v) is 2.93. The number of rotatable bonds is 0. The Bertz CT molecular complexity index is 464. The second-order valence-corrected chi connectivity index (χ2v) is 4.21. The third-order valence-electron chi connectivity index (χ3n) is 1.94. The highest BCUT2D eigenvalue weighted by molar-refractivity contribution is 9.10. The van der Waals surface area contributed by atoms with Gasteiger partial charge in [-0.05, 0) is 30.7 Å². The molecule has 0 bridgehead atoms. The first kappa shape index (κ1) is 16.4. The van der Waals surface area contributed by atoms with Crippen molar-refractivity contribution in [2.45, 2.75) is 34.6 Å². The zero-order valence-corrected chi connectivity index (χ0v) is 13.4. The number of aromatic nitrogens is 1. The molecule has 0 radical (unpaired) electrons. The van der Waals surface area contributed by atoms with Crippen LogP contribution in [0.2, 0.25) is 5.02 Å². The molecule has 0 fully saturated rings. The first-order chi connectivity index (χ1) is 8.18. The molecule has 0 aliphatic carbocycles. The minimum Gasteiger partial charge on any atom is -0.256 e. The highest BCUT2D eigenvalue weighted by atomic mass is 79.9. The van der Waals surface area contributed by atoms with E-state index in [1.54, 1.807) is 6.20 Å². The lowest BCUT2D eigenvalue weighted by atomic mass is 10.2. The van der Waals surface area contributed by atoms with Crippen molar-refractivity contribution in [1.82, 2.24) is 4.98 Å². The van der Waals surface area contributed by atoms with Gasteiger partial charge in [0, 0.05) is 16.1 Å². The van der Waals surface area contributed by atoms with Crippen LogP contribution >= 0.6 is 27.5 Å². The summed E-state index contributed by atoms with van der Waals surface area (Å²) in [5.74, 6) is 0. The first-order valence-corrected chi connectivity index (χ1v) is 7.06. The summed E-state index contributed by atoms with van der Waals surface area (Å²) in [6, 6.07) is 5.89. The number of fused-ring (bicyclic) bond motifs is 1. The quantitative estimate of drug-likeness (QED) is 0.580. The summed E-state index contributed by atoms with van der Waals surface area (Å²) in [6.07, 6.45) is 1.79. The van der Waals surface area contributed by atoms with Crippen LogP contribution in [0.15, 0.2) is 28.9 Å². The minimum absolute atomic E-state index is 0.784. The van der Waals surface area contributed by atoms with Gasteiger partial charge < -0.3 is 0 Å². The Labute approximate surface area is 117 Å². The normalized spacial score (nSPS) is 8.88. The first-order valence-electron chi connectivity index (χ1n) is 5.89. The Balaban J connectivity index is 0.000000581. The Morgan fingerprint density at radius 2 is 1.71 bits per heavy atom. The maximum Gasteiger partial charge on any atom is 0.0717 e. The summed E-state index contributed by atoms with van der Waals surface area (Å²) in [6.45, 7) is 9.95. The van der Waals surface area contributed by atoms with E-state index in [9.17, 15) is 0 Å². The largest absolute Gasteiger partial charge is 0.256 e. The van der Waals surface area contributed by atoms with Crippen LogP contribution in [-0.4, -0.2) is 4.98 Å². The molecule has 1 nitrogen and oxygen atoms in total. The van der Waals surface area contributed by atoms with Crippen molar-refractivity contribution in [1.29, 1.82) is 0 Å². The maximum absolute atomic E-state index is 6.14. The molecule has 0 saturated carbocycles. The van der Waals surface area contributed by atoms with Crippen LogP contribution in [0.4, 0.5) is 0 Å². The molecule has 1 aromatic carbocycles. The fourth-order valence-electron chi connectivity index (χ4n) is 1.23. The molecular weight excluding hydrogens is 298 g/mol. The summed E-state index contributed by atoms with van der Waals surface area (Å²) >= 11 is 9.54. The highest BCUT2D eigenvalue weighted by Gasteiger charge is 2.03. The van der Waals surface area contributed by atoms with Crippen molar-refractivity contribution in [3.05, 3.63) is 39.5 Å². The average Bonchev–Trinajstić information content (AvgIpc) is 2.39. The van der Waals surface area contributed by atoms with E-state index >= 15 is 0 Å². The molecule has 3 heteroatoms. The van der Waals surface area contributed by atoms with Gasteiger partial charge in [-0.2, -0.15) is 0 Å². The Kier molecular flexibility index (Phi) is 8.19. The Morgan fingerprint density at radius 3 is 2.29 bits per heavy atom. The van der Waals surface area contributed by atoms with Crippen LogP contribution in [0.5, 0.6) is 0 Å². The number of pyridine rings is 1. The molecule has 2 rings (SSSR count). The molecule has 0 aliphatic rings. The van der Waals surface area contributed by atoms with Gasteiger partial charge in [-0.15, -0.1) is 0 Å². The molecule has 0 spiro atoms. The van der Waals surface area contributed by atoms with E-state index in [1.165, 1.54) is 0 Å². The molecular formula is C14H19BrClN. The van der Waals surface area contributed by atoms with Gasteiger partial charge in [-0.1, -0.05) is 55.2 Å². The van der Waals surface area contributed by atoms with Crippen LogP contribution < -0.4 is 0 Å². The van der Waals surface area contributed by atoms with E-state index in [-0.39, 0.29) is 0 Å². The number of hydrogen-bond donors (Lipinski definition) is 0. The van der Waals surface area contributed by atoms with Crippen molar-refractivity contribution in [2.75, 3.05) is 0 Å². The number of benzene rings is 1. The molecule has 0 atom stereocenters. The molecule has 1 aromatic heterocycles. The molecule has 1 heterocycles. The number of aryl methyl sites for hydroxylation is 1. The van der Waals surface area contributed by atoms with Gasteiger partial charge in [0.2, 0.25) is 0 Å². The lowest BCUT2D eigenvalue weighted by Gasteiger charge is -2.02. The lowest BCUT2D eigenvalue weighted by Crippen LogP contribution is -1.83. The van der Waals surface area contributed by atoms with Crippen molar-refractivity contribution in [3.8, 4) is 0 Å². The molecule has 94 valence electrons. The predicted octanol–water partition coefficient (Wildman–Crippen LogP) is 6.01. The van der Waals surface area contributed by atoms with E-state index in [1.807, 2.05) is 52.8 Å². The average molecular weight is 317 g/mol. The van der Waals surface area contributed by atoms with Gasteiger partial charge in [0.05, 0.1) is 10.5 Å². The topological polar surface area (TPSA) is 12.9 Å². The monoisotopic (exact) mass is 315 g/mol. The number of halogens is 2. The number of nitrogens with zero attached hydrogens (tertiary/aromatic N) is 1. The van der Waals surface area contributed by atoms with Crippen molar-refractivity contribution in [3.63, 3.8) is 0 Å². The lowest BCUT2D eigenvalue weighted by molar-refractivity contribution is 1.33. The van der Waals surface area contributed by atoms with Crippen molar-refractivity contribution < 1.29 is 0 Å². The van der Waals surface area contributed by atoms with Gasteiger partial charge in [-0.3, -0.25) is 4.98 Å². The molecule has 0 aliphatic heterocycles. The van der Waals surface area contributed by atoms with Crippen LogP contribution in [0.1, 0.15) is 33.3 Å². The molecule has 0 amide bonds. The summed E-state index contributed by atoms with van der Waals surface area (Å²) in [7, 11) is 0. The summed E-state index contributed by atoms with van der Waals surface area (Å²) in [5, 5.41) is 1.78. The van der Waals surface area contributed by atoms with Crippen LogP contribution in [0.25, 0.3) is 10.9 Å². The Hall–Kier alpha value is -0.600. The fraction of sp³-hybridized carbons (Fsp3) is 0.357. The second-order valence-electron chi connectivity index (χ2n) is 2.92. The fourth-order valence-corrected chi connectivity index (χ4v) is 1.79. The van der Waals surface area contributed by atoms with Crippen molar-refractivity contribution >= 4 is 38.4 Å². The standard InChI is InChI=1S/C10H7BrClN.2C2H6/c1-6-5-13-9-3-2-7(11)4-8(9)10(6)12;2*1-2/h2-5H,1H3;2*1-2H3. The maximum atomic E-state index is 6.14. The van der Waals surface area contributed by atoms with Gasteiger partial charge in [-0.25, -0.2) is 0 Å². The number of hydrogen-bond acceptors (Lipinski definition) is 1. The van der Waals surface area contributed by atoms with Crippen LogP contribution in [0.3, 0.4) is 0 Å². The zero-order valence-electron chi connectivity index (χ0n) is 11.0. The van der Waals surface area contributed by atoms with E-state index in [4.69, 9.17) is 11.6 Å². The van der Waals surface area contributed by atoms with Gasteiger partial charge in [0.15, 0.2) is 0 Å². The minimum atomic E-state index is 0.784. The summed E-state index contributed by atoms with van der Waals surface area (Å²) < 4.78 is 1.02. The molecule has 0 saturated heterocycles. The highest BCUT2D eigenvalue weighted by Crippen LogP contribution is 2.27. The zero-order chi connectivity index (χ0) is 13.4. The van der Waals surface area contributed by atoms with Gasteiger partial charge in [0.1, 0.15) is 0 Å². The van der Waals surface area contributed by atoms with E-state index < -0.39 is 0 Å². The van der Waals surface area contributed by atoms with E-state index in [0.717, 1.165) is 26.0 Å². The molecule has 0 N–H and O–H groups in total. The third kappa shape index (κ3) is 4.29. The smallest absolute Gasteiger partial charge is 0.0717 e. The molecule has 2 aromatic rings. The van der Waals surface area contributed by atoms with Crippen molar-refractivity contribution in [2.24, 2.45) is 0 Å². The van der Waals surface area contributed by atoms with E-state index in [2.05, 4.69) is 20.9 Å². The van der Waals surface area contributed by atoms with Crippen LogP contribution in [0, 0.1) is 6.92 Å². The van der Waals surface area contributed by atoms with Crippen LogP contribution in [-0.2, 0) is 0 Å². The Morgan fingerprint density at radius 1 is 1.12 bits per heavy atom. The predicted molar refractivity (Wildman–Crippen MR) is 81.9 cm³/mol. The second kappa shape index (κ2) is 8.48. The van der Waals surface area contributed by atoms with Gasteiger partial charge in [0.25, 0.3) is 0 Å². The SMILES string of the molecule is CC.CC.Cc1cnc2ccc(Br)cc2c1Cl. The molecule has 0 unspecified atom stereocenters.